The number of aromatic carboxylic acids is 1. The molecule has 6 nitrogen and oxygen atoms in total. The van der Waals surface area contributed by atoms with Gasteiger partial charge in [0, 0.05) is 36.8 Å². The molecule has 1 aliphatic rings. The van der Waals surface area contributed by atoms with E-state index in [-0.39, 0.29) is 5.56 Å². The van der Waals surface area contributed by atoms with Gasteiger partial charge < -0.3 is 19.5 Å². The first-order chi connectivity index (χ1) is 12.1. The summed E-state index contributed by atoms with van der Waals surface area (Å²) in [5.74, 6) is 1.08. The molecule has 3 rings (SSSR count). The van der Waals surface area contributed by atoms with Crippen LogP contribution in [-0.2, 0) is 6.42 Å². The van der Waals surface area contributed by atoms with Crippen molar-refractivity contribution >= 4 is 11.8 Å². The van der Waals surface area contributed by atoms with Crippen LogP contribution in [0.4, 0.5) is 5.82 Å². The summed E-state index contributed by atoms with van der Waals surface area (Å²) in [5, 5.41) is 9.45. The average Bonchev–Trinajstić information content (AvgIpc) is 3.16. The molecule has 0 unspecified atom stereocenters. The smallest absolute Gasteiger partial charge is 0.339 e. The van der Waals surface area contributed by atoms with Gasteiger partial charge in [-0.1, -0.05) is 6.07 Å². The zero-order chi connectivity index (χ0) is 17.8. The molecule has 1 aromatic carbocycles. The van der Waals surface area contributed by atoms with Gasteiger partial charge in [0.1, 0.15) is 22.9 Å². The van der Waals surface area contributed by atoms with Gasteiger partial charge in [-0.2, -0.15) is 0 Å². The van der Waals surface area contributed by atoms with E-state index in [2.05, 4.69) is 9.88 Å². The summed E-state index contributed by atoms with van der Waals surface area (Å²) in [5.41, 5.74) is 2.05. The predicted molar refractivity (Wildman–Crippen MR) is 95.0 cm³/mol. The van der Waals surface area contributed by atoms with Crippen molar-refractivity contribution in [3.05, 3.63) is 47.2 Å². The molecular weight excluding hydrogens is 320 g/mol. The molecule has 0 radical (unpaired) electrons. The van der Waals surface area contributed by atoms with Gasteiger partial charge in [-0.25, -0.2) is 9.78 Å². The van der Waals surface area contributed by atoms with Gasteiger partial charge in [0.05, 0.1) is 14.2 Å². The first kappa shape index (κ1) is 17.1. The molecule has 1 aromatic heterocycles. The maximum Gasteiger partial charge on any atom is 0.339 e. The largest absolute Gasteiger partial charge is 0.497 e. The minimum atomic E-state index is -0.942. The minimum absolute atomic E-state index is 0.257. The van der Waals surface area contributed by atoms with Gasteiger partial charge >= 0.3 is 5.97 Å². The highest BCUT2D eigenvalue weighted by atomic mass is 16.5. The Morgan fingerprint density at radius 3 is 2.56 bits per heavy atom. The first-order valence-corrected chi connectivity index (χ1v) is 8.31. The van der Waals surface area contributed by atoms with Crippen molar-refractivity contribution in [3.63, 3.8) is 0 Å². The lowest BCUT2D eigenvalue weighted by molar-refractivity contribution is 0.0697. The van der Waals surface area contributed by atoms with Gasteiger partial charge in [-0.3, -0.25) is 0 Å². The summed E-state index contributed by atoms with van der Waals surface area (Å²) >= 11 is 0. The van der Waals surface area contributed by atoms with Gasteiger partial charge in [0.2, 0.25) is 0 Å². The molecule has 0 bridgehead atoms. The lowest BCUT2D eigenvalue weighted by Crippen LogP contribution is -2.22. The number of carboxylic acids is 1. The zero-order valence-corrected chi connectivity index (χ0v) is 14.5. The van der Waals surface area contributed by atoms with Crippen molar-refractivity contribution in [1.29, 1.82) is 0 Å². The normalized spacial score (nSPS) is 13.8. The van der Waals surface area contributed by atoms with Crippen LogP contribution in [-0.4, -0.2) is 43.4 Å². The number of ether oxygens (including phenoxy) is 2. The molecule has 0 spiro atoms. The molecule has 132 valence electrons. The van der Waals surface area contributed by atoms with E-state index in [1.807, 2.05) is 18.2 Å². The number of hydrogen-bond acceptors (Lipinski definition) is 5. The van der Waals surface area contributed by atoms with Crippen LogP contribution < -0.4 is 14.4 Å². The number of pyridine rings is 1. The molecule has 2 aromatic rings. The number of benzene rings is 1. The summed E-state index contributed by atoms with van der Waals surface area (Å²) in [6.07, 6.45) is 2.70. The number of rotatable bonds is 6. The third-order valence-electron chi connectivity index (χ3n) is 4.43. The van der Waals surface area contributed by atoms with E-state index in [1.165, 1.54) is 0 Å². The lowest BCUT2D eigenvalue weighted by atomic mass is 10.1. The fourth-order valence-electron chi connectivity index (χ4n) is 3.12. The van der Waals surface area contributed by atoms with Crippen LogP contribution >= 0.6 is 0 Å². The van der Waals surface area contributed by atoms with Crippen molar-refractivity contribution in [2.24, 2.45) is 0 Å². The average molecular weight is 342 g/mol. The first-order valence-electron chi connectivity index (χ1n) is 8.31. The summed E-state index contributed by atoms with van der Waals surface area (Å²) in [6.45, 7) is 1.70. The second kappa shape index (κ2) is 7.42. The second-order valence-electron chi connectivity index (χ2n) is 6.03. The molecule has 2 heterocycles. The number of hydrogen-bond donors (Lipinski definition) is 1. The summed E-state index contributed by atoms with van der Waals surface area (Å²) < 4.78 is 10.7. The Kier molecular flexibility index (Phi) is 5.07. The highest BCUT2D eigenvalue weighted by molar-refractivity contribution is 5.93. The fourth-order valence-corrected chi connectivity index (χ4v) is 3.12. The molecule has 0 amide bonds. The monoisotopic (exact) mass is 342 g/mol. The van der Waals surface area contributed by atoms with Crippen molar-refractivity contribution in [3.8, 4) is 11.5 Å². The molecule has 0 saturated carbocycles. The van der Waals surface area contributed by atoms with E-state index >= 15 is 0 Å². The molecule has 1 aliphatic heterocycles. The molecular formula is C19H22N2O4. The zero-order valence-electron chi connectivity index (χ0n) is 14.5. The van der Waals surface area contributed by atoms with E-state index in [9.17, 15) is 9.90 Å². The molecule has 1 N–H and O–H groups in total. The summed E-state index contributed by atoms with van der Waals surface area (Å²) in [6, 6.07) is 9.08. The standard InChI is InChI=1S/C19H22N2O4/c1-24-15-7-5-13(17(12-15)25-2)11-14-6-8-16(19(22)23)18(20-14)21-9-3-4-10-21/h5-8,12H,3-4,9-11H2,1-2H3,(H,22,23). The number of carboxylic acid groups (broad SMARTS) is 1. The van der Waals surface area contributed by atoms with Gasteiger partial charge in [0.15, 0.2) is 0 Å². The molecule has 1 saturated heterocycles. The quantitative estimate of drug-likeness (QED) is 0.870. The highest BCUT2D eigenvalue weighted by Gasteiger charge is 2.21. The van der Waals surface area contributed by atoms with E-state index < -0.39 is 5.97 Å². The summed E-state index contributed by atoms with van der Waals surface area (Å²) in [4.78, 5) is 18.2. The molecule has 6 heteroatoms. The number of aromatic nitrogens is 1. The van der Waals surface area contributed by atoms with E-state index in [4.69, 9.17) is 9.47 Å². The van der Waals surface area contributed by atoms with Crippen LogP contribution in [0.1, 0.15) is 34.5 Å². The number of nitrogens with zero attached hydrogens (tertiary/aromatic N) is 2. The Morgan fingerprint density at radius 2 is 1.92 bits per heavy atom. The van der Waals surface area contributed by atoms with Crippen molar-refractivity contribution < 1.29 is 19.4 Å². The summed E-state index contributed by atoms with van der Waals surface area (Å²) in [7, 11) is 3.23. The maximum atomic E-state index is 11.5. The van der Waals surface area contributed by atoms with Crippen molar-refractivity contribution in [2.75, 3.05) is 32.2 Å². The van der Waals surface area contributed by atoms with Crippen molar-refractivity contribution in [2.45, 2.75) is 19.3 Å². The Bertz CT molecular complexity index is 770. The van der Waals surface area contributed by atoms with Crippen LogP contribution in [0.5, 0.6) is 11.5 Å². The third kappa shape index (κ3) is 3.68. The van der Waals surface area contributed by atoms with E-state index in [1.54, 1.807) is 26.4 Å². The van der Waals surface area contributed by atoms with Crippen molar-refractivity contribution in [1.82, 2.24) is 4.98 Å². The Balaban J connectivity index is 1.93. The highest BCUT2D eigenvalue weighted by Crippen LogP contribution is 2.28. The topological polar surface area (TPSA) is 71.9 Å². The lowest BCUT2D eigenvalue weighted by Gasteiger charge is -2.19. The van der Waals surface area contributed by atoms with Crippen LogP contribution in [0.3, 0.4) is 0 Å². The fraction of sp³-hybridized carbons (Fsp3) is 0.368. The van der Waals surface area contributed by atoms with Crippen LogP contribution in [0.15, 0.2) is 30.3 Å². The Morgan fingerprint density at radius 1 is 1.16 bits per heavy atom. The number of carbonyl (C=O) groups is 1. The van der Waals surface area contributed by atoms with Gasteiger partial charge in [-0.15, -0.1) is 0 Å². The second-order valence-corrected chi connectivity index (χ2v) is 6.03. The Hall–Kier alpha value is -2.76. The molecule has 0 atom stereocenters. The maximum absolute atomic E-state index is 11.5. The SMILES string of the molecule is COc1ccc(Cc2ccc(C(=O)O)c(N3CCCC3)n2)c(OC)c1. The van der Waals surface area contributed by atoms with E-state index in [0.717, 1.165) is 48.7 Å². The van der Waals surface area contributed by atoms with Crippen LogP contribution in [0, 0.1) is 0 Å². The molecule has 1 fully saturated rings. The predicted octanol–water partition coefficient (Wildman–Crippen LogP) is 2.99. The van der Waals surface area contributed by atoms with Crippen LogP contribution in [0.2, 0.25) is 0 Å². The van der Waals surface area contributed by atoms with Gasteiger partial charge in [0.25, 0.3) is 0 Å². The minimum Gasteiger partial charge on any atom is -0.497 e. The number of methoxy groups -OCH3 is 2. The Labute approximate surface area is 147 Å². The molecule has 0 aliphatic carbocycles. The van der Waals surface area contributed by atoms with Crippen LogP contribution in [0.25, 0.3) is 0 Å². The number of anilines is 1. The third-order valence-corrected chi connectivity index (χ3v) is 4.43. The van der Waals surface area contributed by atoms with E-state index in [0.29, 0.717) is 12.2 Å². The van der Waals surface area contributed by atoms with Gasteiger partial charge in [-0.05, 0) is 31.0 Å². The molecule has 25 heavy (non-hydrogen) atoms.